The first kappa shape index (κ1) is 16.0. The van der Waals surface area contributed by atoms with Gasteiger partial charge in [0.2, 0.25) is 0 Å². The van der Waals surface area contributed by atoms with Crippen LogP contribution < -0.4 is 0 Å². The molecule has 0 aliphatic carbocycles. The fourth-order valence-electron chi connectivity index (χ4n) is 3.87. The molecule has 2 nitrogen and oxygen atoms in total. The van der Waals surface area contributed by atoms with Gasteiger partial charge in [-0.15, -0.1) is 6.58 Å². The SMILES string of the molecule is C=CCC1CCC(c2ccccc2)N1C(CO)c1ccccc1. The predicted molar refractivity (Wildman–Crippen MR) is 95.1 cm³/mol. The fourth-order valence-corrected chi connectivity index (χ4v) is 3.87. The fraction of sp³-hybridized carbons (Fsp3) is 0.333. The smallest absolute Gasteiger partial charge is 0.0628 e. The number of likely N-dealkylation sites (tertiary alicyclic amines) is 1. The van der Waals surface area contributed by atoms with Gasteiger partial charge in [0.25, 0.3) is 0 Å². The summed E-state index contributed by atoms with van der Waals surface area (Å²) in [6, 6.07) is 21.9. The molecule has 1 N–H and O–H groups in total. The third-order valence-electron chi connectivity index (χ3n) is 4.90. The van der Waals surface area contributed by atoms with Crippen molar-refractivity contribution in [2.24, 2.45) is 0 Å². The summed E-state index contributed by atoms with van der Waals surface area (Å²) < 4.78 is 0. The van der Waals surface area contributed by atoms with Crippen molar-refractivity contribution in [2.45, 2.75) is 37.4 Å². The van der Waals surface area contributed by atoms with E-state index in [9.17, 15) is 5.11 Å². The lowest BCUT2D eigenvalue weighted by Gasteiger charge is -2.37. The van der Waals surface area contributed by atoms with Gasteiger partial charge in [0.15, 0.2) is 0 Å². The first-order valence-corrected chi connectivity index (χ1v) is 8.44. The second kappa shape index (κ2) is 7.58. The van der Waals surface area contributed by atoms with Crippen molar-refractivity contribution in [3.8, 4) is 0 Å². The van der Waals surface area contributed by atoms with Gasteiger partial charge in [-0.05, 0) is 30.4 Å². The summed E-state index contributed by atoms with van der Waals surface area (Å²) in [4.78, 5) is 2.51. The summed E-state index contributed by atoms with van der Waals surface area (Å²) in [7, 11) is 0. The maximum absolute atomic E-state index is 10.1. The largest absolute Gasteiger partial charge is 0.394 e. The molecule has 2 aromatic rings. The third-order valence-corrected chi connectivity index (χ3v) is 4.90. The summed E-state index contributed by atoms with van der Waals surface area (Å²) in [5, 5.41) is 10.1. The van der Waals surface area contributed by atoms with E-state index in [1.807, 2.05) is 24.3 Å². The molecule has 1 saturated heterocycles. The van der Waals surface area contributed by atoms with Crippen LogP contribution in [-0.4, -0.2) is 22.7 Å². The van der Waals surface area contributed by atoms with Crippen LogP contribution in [0.3, 0.4) is 0 Å². The highest BCUT2D eigenvalue weighted by molar-refractivity contribution is 5.25. The topological polar surface area (TPSA) is 23.5 Å². The van der Waals surface area contributed by atoms with Gasteiger partial charge in [-0.25, -0.2) is 0 Å². The highest BCUT2D eigenvalue weighted by atomic mass is 16.3. The lowest BCUT2D eigenvalue weighted by molar-refractivity contribution is 0.0775. The number of hydrogen-bond acceptors (Lipinski definition) is 2. The standard InChI is InChI=1S/C21H25NO/c1-2-9-19-14-15-20(17-10-5-3-6-11-17)22(19)21(16-23)18-12-7-4-8-13-18/h2-8,10-13,19-21,23H,1,9,14-16H2. The van der Waals surface area contributed by atoms with Crippen molar-refractivity contribution < 1.29 is 5.11 Å². The molecule has 0 radical (unpaired) electrons. The second-order valence-corrected chi connectivity index (χ2v) is 6.24. The molecule has 0 spiro atoms. The monoisotopic (exact) mass is 307 g/mol. The number of rotatable bonds is 6. The van der Waals surface area contributed by atoms with Gasteiger partial charge in [0.1, 0.15) is 0 Å². The van der Waals surface area contributed by atoms with Crippen LogP contribution in [0.25, 0.3) is 0 Å². The molecule has 1 fully saturated rings. The van der Waals surface area contributed by atoms with Gasteiger partial charge < -0.3 is 5.11 Å². The first-order chi connectivity index (χ1) is 11.3. The Balaban J connectivity index is 1.96. The summed E-state index contributed by atoms with van der Waals surface area (Å²) >= 11 is 0. The van der Waals surface area contributed by atoms with Crippen molar-refractivity contribution >= 4 is 0 Å². The Kier molecular flexibility index (Phi) is 5.27. The van der Waals surface area contributed by atoms with Crippen LogP contribution >= 0.6 is 0 Å². The van der Waals surface area contributed by atoms with Gasteiger partial charge in [-0.2, -0.15) is 0 Å². The zero-order valence-electron chi connectivity index (χ0n) is 13.5. The molecule has 0 bridgehead atoms. The van der Waals surface area contributed by atoms with Crippen LogP contribution in [0.15, 0.2) is 73.3 Å². The Morgan fingerprint density at radius 2 is 1.70 bits per heavy atom. The molecule has 2 heteroatoms. The minimum atomic E-state index is 0.0360. The van der Waals surface area contributed by atoms with Gasteiger partial charge >= 0.3 is 0 Å². The highest BCUT2D eigenvalue weighted by Crippen LogP contribution is 2.43. The molecule has 23 heavy (non-hydrogen) atoms. The van der Waals surface area contributed by atoms with E-state index < -0.39 is 0 Å². The molecule has 1 heterocycles. The molecule has 120 valence electrons. The number of nitrogens with zero attached hydrogens (tertiary/aromatic N) is 1. The molecular weight excluding hydrogens is 282 g/mol. The van der Waals surface area contributed by atoms with E-state index in [1.165, 1.54) is 11.1 Å². The molecule has 0 aromatic heterocycles. The van der Waals surface area contributed by atoms with Crippen LogP contribution in [0.5, 0.6) is 0 Å². The van der Waals surface area contributed by atoms with Gasteiger partial charge in [-0.1, -0.05) is 66.7 Å². The van der Waals surface area contributed by atoms with E-state index in [1.54, 1.807) is 0 Å². The Bertz CT molecular complexity index is 610. The Morgan fingerprint density at radius 3 is 2.30 bits per heavy atom. The number of benzene rings is 2. The molecule has 3 unspecified atom stereocenters. The van der Waals surface area contributed by atoms with Gasteiger partial charge in [0.05, 0.1) is 12.6 Å². The van der Waals surface area contributed by atoms with E-state index in [0.717, 1.165) is 19.3 Å². The van der Waals surface area contributed by atoms with Crippen molar-refractivity contribution in [2.75, 3.05) is 6.61 Å². The lowest BCUT2D eigenvalue weighted by Crippen LogP contribution is -2.37. The number of aliphatic hydroxyl groups excluding tert-OH is 1. The van der Waals surface area contributed by atoms with Crippen LogP contribution in [0.1, 0.15) is 42.5 Å². The quantitative estimate of drug-likeness (QED) is 0.794. The zero-order valence-corrected chi connectivity index (χ0v) is 13.5. The lowest BCUT2D eigenvalue weighted by atomic mass is 10.00. The average molecular weight is 307 g/mol. The molecule has 2 aromatic carbocycles. The minimum Gasteiger partial charge on any atom is -0.394 e. The number of aliphatic hydroxyl groups is 1. The Labute approximate surface area is 139 Å². The molecule has 1 aliphatic heterocycles. The summed E-state index contributed by atoms with van der Waals surface area (Å²) in [5.74, 6) is 0. The zero-order chi connectivity index (χ0) is 16.1. The van der Waals surface area contributed by atoms with E-state index in [4.69, 9.17) is 0 Å². The van der Waals surface area contributed by atoms with Crippen molar-refractivity contribution in [3.63, 3.8) is 0 Å². The van der Waals surface area contributed by atoms with Crippen LogP contribution in [0.2, 0.25) is 0 Å². The van der Waals surface area contributed by atoms with Crippen LogP contribution in [-0.2, 0) is 0 Å². The average Bonchev–Trinajstić information content (AvgIpc) is 3.01. The molecule has 3 rings (SSSR count). The molecular formula is C21H25NO. The van der Waals surface area contributed by atoms with Crippen molar-refractivity contribution in [3.05, 3.63) is 84.4 Å². The summed E-state index contributed by atoms with van der Waals surface area (Å²) in [5.41, 5.74) is 2.53. The highest BCUT2D eigenvalue weighted by Gasteiger charge is 2.38. The molecule has 1 aliphatic rings. The van der Waals surface area contributed by atoms with E-state index >= 15 is 0 Å². The first-order valence-electron chi connectivity index (χ1n) is 8.44. The molecule has 0 amide bonds. The minimum absolute atomic E-state index is 0.0360. The predicted octanol–water partition coefficient (Wildman–Crippen LogP) is 4.50. The molecule has 3 atom stereocenters. The maximum atomic E-state index is 10.1. The van der Waals surface area contributed by atoms with Gasteiger partial charge in [0, 0.05) is 12.1 Å². The third kappa shape index (κ3) is 3.39. The summed E-state index contributed by atoms with van der Waals surface area (Å²) in [6.45, 7) is 4.07. The molecule has 0 saturated carbocycles. The normalized spacial score (nSPS) is 22.8. The van der Waals surface area contributed by atoms with E-state index in [0.29, 0.717) is 12.1 Å². The van der Waals surface area contributed by atoms with Crippen molar-refractivity contribution in [1.29, 1.82) is 0 Å². The van der Waals surface area contributed by atoms with Crippen molar-refractivity contribution in [1.82, 2.24) is 4.90 Å². The Morgan fingerprint density at radius 1 is 1.04 bits per heavy atom. The number of hydrogen-bond donors (Lipinski definition) is 1. The Hall–Kier alpha value is -1.90. The maximum Gasteiger partial charge on any atom is 0.0628 e. The van der Waals surface area contributed by atoms with Crippen LogP contribution in [0, 0.1) is 0 Å². The second-order valence-electron chi connectivity index (χ2n) is 6.24. The van der Waals surface area contributed by atoms with E-state index in [2.05, 4.69) is 53.9 Å². The van der Waals surface area contributed by atoms with Crippen LogP contribution in [0.4, 0.5) is 0 Å². The van der Waals surface area contributed by atoms with E-state index in [-0.39, 0.29) is 12.6 Å². The van der Waals surface area contributed by atoms with Gasteiger partial charge in [-0.3, -0.25) is 4.90 Å². The summed E-state index contributed by atoms with van der Waals surface area (Å²) in [6.07, 6.45) is 5.25.